The van der Waals surface area contributed by atoms with Gasteiger partial charge in [-0.3, -0.25) is 9.48 Å². The highest BCUT2D eigenvalue weighted by atomic mass is 16.5. The van der Waals surface area contributed by atoms with Gasteiger partial charge in [-0.25, -0.2) is 0 Å². The van der Waals surface area contributed by atoms with Crippen LogP contribution < -0.4 is 0 Å². The molecule has 0 bridgehead atoms. The molecule has 0 fully saturated rings. The van der Waals surface area contributed by atoms with E-state index in [9.17, 15) is 4.79 Å². The second kappa shape index (κ2) is 8.66. The molecule has 1 aromatic rings. The van der Waals surface area contributed by atoms with E-state index in [1.54, 1.807) is 30.0 Å². The quantitative estimate of drug-likeness (QED) is 0.662. The Morgan fingerprint density at radius 3 is 2.42 bits per heavy atom. The standard InChI is InChI=1S/C13H23N3O3/c1-12-10-14-16(11-12)5-4-13(17)15(6-8-18-2)7-9-19-3/h10-11H,4-9H2,1-3H3. The molecule has 6 nitrogen and oxygen atoms in total. The molecule has 0 N–H and O–H groups in total. The van der Waals surface area contributed by atoms with E-state index in [0.717, 1.165) is 5.56 Å². The van der Waals surface area contributed by atoms with Gasteiger partial charge < -0.3 is 14.4 Å². The number of aryl methyl sites for hydroxylation is 2. The zero-order valence-electron chi connectivity index (χ0n) is 12.0. The number of hydrogen-bond acceptors (Lipinski definition) is 4. The van der Waals surface area contributed by atoms with Crippen molar-refractivity contribution >= 4 is 5.91 Å². The van der Waals surface area contributed by atoms with Crippen molar-refractivity contribution in [3.05, 3.63) is 18.0 Å². The van der Waals surface area contributed by atoms with Crippen molar-refractivity contribution in [1.82, 2.24) is 14.7 Å². The lowest BCUT2D eigenvalue weighted by atomic mass is 10.3. The lowest BCUT2D eigenvalue weighted by Crippen LogP contribution is -2.36. The Morgan fingerprint density at radius 1 is 1.32 bits per heavy atom. The molecule has 0 atom stereocenters. The molecule has 1 heterocycles. The molecule has 0 spiro atoms. The van der Waals surface area contributed by atoms with Crippen molar-refractivity contribution in [2.75, 3.05) is 40.5 Å². The van der Waals surface area contributed by atoms with Crippen LogP contribution in [0.1, 0.15) is 12.0 Å². The van der Waals surface area contributed by atoms with Crippen LogP contribution in [0.2, 0.25) is 0 Å². The molecule has 19 heavy (non-hydrogen) atoms. The van der Waals surface area contributed by atoms with Crippen LogP contribution in [0, 0.1) is 6.92 Å². The zero-order valence-corrected chi connectivity index (χ0v) is 12.0. The molecule has 1 rings (SSSR count). The second-order valence-corrected chi connectivity index (χ2v) is 4.40. The van der Waals surface area contributed by atoms with Gasteiger partial charge in [0.2, 0.25) is 5.91 Å². The highest BCUT2D eigenvalue weighted by Crippen LogP contribution is 2.00. The average molecular weight is 269 g/mol. The first-order chi connectivity index (χ1) is 9.17. The predicted molar refractivity (Wildman–Crippen MR) is 71.9 cm³/mol. The minimum atomic E-state index is 0.0993. The van der Waals surface area contributed by atoms with Crippen molar-refractivity contribution in [3.63, 3.8) is 0 Å². The van der Waals surface area contributed by atoms with Crippen LogP contribution in [0.25, 0.3) is 0 Å². The van der Waals surface area contributed by atoms with Crippen LogP contribution >= 0.6 is 0 Å². The molecule has 0 saturated heterocycles. The number of hydrogen-bond donors (Lipinski definition) is 0. The first-order valence-electron chi connectivity index (χ1n) is 6.42. The molecule has 0 radical (unpaired) electrons. The van der Waals surface area contributed by atoms with Gasteiger partial charge in [0.15, 0.2) is 0 Å². The fraction of sp³-hybridized carbons (Fsp3) is 0.692. The van der Waals surface area contributed by atoms with Crippen molar-refractivity contribution in [2.24, 2.45) is 0 Å². The van der Waals surface area contributed by atoms with Crippen LogP contribution in [0.4, 0.5) is 0 Å². The van der Waals surface area contributed by atoms with Crippen molar-refractivity contribution in [1.29, 1.82) is 0 Å². The molecule has 0 aliphatic heterocycles. The topological polar surface area (TPSA) is 56.6 Å². The normalized spacial score (nSPS) is 10.7. The Kier molecular flexibility index (Phi) is 7.14. The summed E-state index contributed by atoms with van der Waals surface area (Å²) in [6, 6.07) is 0. The number of carbonyl (C=O) groups excluding carboxylic acids is 1. The van der Waals surface area contributed by atoms with Crippen molar-refractivity contribution in [3.8, 4) is 0 Å². The number of nitrogens with zero attached hydrogens (tertiary/aromatic N) is 3. The van der Waals surface area contributed by atoms with Crippen molar-refractivity contribution in [2.45, 2.75) is 19.9 Å². The van der Waals surface area contributed by atoms with Gasteiger partial charge in [0.25, 0.3) is 0 Å². The Bertz CT molecular complexity index is 371. The van der Waals surface area contributed by atoms with Gasteiger partial charge in [-0.2, -0.15) is 5.10 Å². The number of amides is 1. The molecule has 0 aromatic carbocycles. The summed E-state index contributed by atoms with van der Waals surface area (Å²) < 4.78 is 11.8. The van der Waals surface area contributed by atoms with E-state index < -0.39 is 0 Å². The van der Waals surface area contributed by atoms with Crippen LogP contribution in [0.5, 0.6) is 0 Å². The molecule has 0 aliphatic carbocycles. The molecule has 0 aliphatic rings. The Balaban J connectivity index is 2.41. The molecular weight excluding hydrogens is 246 g/mol. The van der Waals surface area contributed by atoms with Gasteiger partial charge in [-0.1, -0.05) is 0 Å². The fourth-order valence-electron chi connectivity index (χ4n) is 1.72. The van der Waals surface area contributed by atoms with E-state index in [1.165, 1.54) is 0 Å². The van der Waals surface area contributed by atoms with E-state index in [0.29, 0.717) is 39.3 Å². The third-order valence-electron chi connectivity index (χ3n) is 2.80. The lowest BCUT2D eigenvalue weighted by Gasteiger charge is -2.22. The highest BCUT2D eigenvalue weighted by Gasteiger charge is 2.13. The highest BCUT2D eigenvalue weighted by molar-refractivity contribution is 5.76. The number of ether oxygens (including phenoxy) is 2. The molecule has 1 aromatic heterocycles. The maximum absolute atomic E-state index is 12.1. The van der Waals surface area contributed by atoms with Gasteiger partial charge >= 0.3 is 0 Å². The molecule has 1 amide bonds. The third-order valence-corrected chi connectivity index (χ3v) is 2.80. The number of carbonyl (C=O) groups is 1. The van der Waals surface area contributed by atoms with Gasteiger partial charge in [-0.15, -0.1) is 0 Å². The fourth-order valence-corrected chi connectivity index (χ4v) is 1.72. The summed E-state index contributed by atoms with van der Waals surface area (Å²) in [5.74, 6) is 0.0993. The molecule has 108 valence electrons. The van der Waals surface area contributed by atoms with Gasteiger partial charge in [0.1, 0.15) is 0 Å². The van der Waals surface area contributed by atoms with E-state index in [2.05, 4.69) is 5.10 Å². The van der Waals surface area contributed by atoms with Gasteiger partial charge in [-0.05, 0) is 12.5 Å². The lowest BCUT2D eigenvalue weighted by molar-refractivity contribution is -0.132. The smallest absolute Gasteiger partial charge is 0.224 e. The maximum atomic E-state index is 12.1. The molecular formula is C13H23N3O3. The van der Waals surface area contributed by atoms with Crippen LogP contribution in [-0.2, 0) is 20.8 Å². The molecule has 0 saturated carbocycles. The van der Waals surface area contributed by atoms with Gasteiger partial charge in [0, 0.05) is 46.5 Å². The second-order valence-electron chi connectivity index (χ2n) is 4.40. The number of rotatable bonds is 9. The SMILES string of the molecule is COCCN(CCOC)C(=O)CCn1cc(C)cn1. The van der Waals surface area contributed by atoms with Crippen LogP contribution in [-0.4, -0.2) is 61.1 Å². The minimum Gasteiger partial charge on any atom is -0.383 e. The zero-order chi connectivity index (χ0) is 14.1. The summed E-state index contributed by atoms with van der Waals surface area (Å²) in [5.41, 5.74) is 1.10. The summed E-state index contributed by atoms with van der Waals surface area (Å²) in [4.78, 5) is 13.9. The third kappa shape index (κ3) is 5.85. The van der Waals surface area contributed by atoms with Crippen molar-refractivity contribution < 1.29 is 14.3 Å². The van der Waals surface area contributed by atoms with E-state index in [4.69, 9.17) is 9.47 Å². The predicted octanol–water partition coefficient (Wildman–Crippen LogP) is 0.703. The maximum Gasteiger partial charge on any atom is 0.224 e. The molecule has 0 unspecified atom stereocenters. The van der Waals surface area contributed by atoms with Crippen LogP contribution in [0.15, 0.2) is 12.4 Å². The molecule has 6 heteroatoms. The first kappa shape index (κ1) is 15.7. The van der Waals surface area contributed by atoms with Gasteiger partial charge in [0.05, 0.1) is 19.4 Å². The summed E-state index contributed by atoms with van der Waals surface area (Å²) >= 11 is 0. The summed E-state index contributed by atoms with van der Waals surface area (Å²) in [5, 5.41) is 4.17. The van der Waals surface area contributed by atoms with E-state index >= 15 is 0 Å². The Hall–Kier alpha value is -1.40. The largest absolute Gasteiger partial charge is 0.383 e. The van der Waals surface area contributed by atoms with E-state index in [-0.39, 0.29) is 5.91 Å². The van der Waals surface area contributed by atoms with Crippen LogP contribution in [0.3, 0.4) is 0 Å². The summed E-state index contributed by atoms with van der Waals surface area (Å²) in [6.07, 6.45) is 4.16. The number of methoxy groups -OCH3 is 2. The minimum absolute atomic E-state index is 0.0993. The summed E-state index contributed by atoms with van der Waals surface area (Å²) in [7, 11) is 3.26. The summed E-state index contributed by atoms with van der Waals surface area (Å²) in [6.45, 7) is 4.85. The van der Waals surface area contributed by atoms with E-state index in [1.807, 2.05) is 13.1 Å². The monoisotopic (exact) mass is 269 g/mol. The average Bonchev–Trinajstić information content (AvgIpc) is 2.82. The first-order valence-corrected chi connectivity index (χ1v) is 6.42. The number of aromatic nitrogens is 2. The Morgan fingerprint density at radius 2 is 1.95 bits per heavy atom. The Labute approximate surface area is 114 Å².